The SMILES string of the molecule is CCn1c(=O)oc2cc(S(=O)(=O)Nc3ccccc3C)c(C)cc21. The predicted octanol–water partition coefficient (Wildman–Crippen LogP) is 3.03. The van der Waals surface area contributed by atoms with Gasteiger partial charge in [0.2, 0.25) is 0 Å². The number of aromatic nitrogens is 1. The minimum Gasteiger partial charge on any atom is -0.408 e. The summed E-state index contributed by atoms with van der Waals surface area (Å²) in [6.45, 7) is 5.81. The lowest BCUT2D eigenvalue weighted by Crippen LogP contribution is -2.15. The fourth-order valence-electron chi connectivity index (χ4n) is 2.67. The number of oxazole rings is 1. The summed E-state index contributed by atoms with van der Waals surface area (Å²) in [7, 11) is -3.79. The second kappa shape index (κ2) is 5.83. The Balaban J connectivity index is 2.13. The lowest BCUT2D eigenvalue weighted by molar-refractivity contribution is 0.512. The van der Waals surface area contributed by atoms with Gasteiger partial charge in [-0.05, 0) is 44.0 Å². The number of hydrogen-bond donors (Lipinski definition) is 1. The highest BCUT2D eigenvalue weighted by Crippen LogP contribution is 2.25. The molecule has 6 nitrogen and oxygen atoms in total. The second-order valence-electron chi connectivity index (χ2n) is 5.62. The lowest BCUT2D eigenvalue weighted by Gasteiger charge is -2.12. The largest absolute Gasteiger partial charge is 0.419 e. The number of nitrogens with one attached hydrogen (secondary N) is 1. The summed E-state index contributed by atoms with van der Waals surface area (Å²) in [6.07, 6.45) is 0. The molecular formula is C17H18N2O4S. The van der Waals surface area contributed by atoms with Gasteiger partial charge in [-0.2, -0.15) is 0 Å². The fraction of sp³-hybridized carbons (Fsp3) is 0.235. The van der Waals surface area contributed by atoms with Crippen LogP contribution < -0.4 is 10.5 Å². The molecule has 0 aliphatic heterocycles. The van der Waals surface area contributed by atoms with Crippen molar-refractivity contribution < 1.29 is 12.8 Å². The van der Waals surface area contributed by atoms with Crippen molar-refractivity contribution in [2.45, 2.75) is 32.2 Å². The number of benzene rings is 2. The van der Waals surface area contributed by atoms with Crippen molar-refractivity contribution in [1.29, 1.82) is 0 Å². The van der Waals surface area contributed by atoms with Gasteiger partial charge in [-0.1, -0.05) is 18.2 Å². The van der Waals surface area contributed by atoms with Crippen LogP contribution >= 0.6 is 0 Å². The number of fused-ring (bicyclic) bond motifs is 1. The Hall–Kier alpha value is -2.54. The zero-order valence-corrected chi connectivity index (χ0v) is 14.5. The molecule has 0 saturated heterocycles. The van der Waals surface area contributed by atoms with E-state index in [1.54, 1.807) is 25.1 Å². The minimum absolute atomic E-state index is 0.0928. The highest BCUT2D eigenvalue weighted by molar-refractivity contribution is 7.92. The zero-order chi connectivity index (χ0) is 17.5. The van der Waals surface area contributed by atoms with Crippen LogP contribution in [0.1, 0.15) is 18.1 Å². The second-order valence-corrected chi connectivity index (χ2v) is 7.27. The molecule has 126 valence electrons. The first-order valence-electron chi connectivity index (χ1n) is 7.56. The normalized spacial score (nSPS) is 11.8. The number of sulfonamides is 1. The molecule has 2 aromatic carbocycles. The van der Waals surface area contributed by atoms with Crippen LogP contribution in [-0.4, -0.2) is 13.0 Å². The number of para-hydroxylation sites is 1. The molecule has 0 saturated carbocycles. The van der Waals surface area contributed by atoms with Gasteiger partial charge < -0.3 is 4.42 Å². The maximum atomic E-state index is 12.7. The zero-order valence-electron chi connectivity index (χ0n) is 13.7. The van der Waals surface area contributed by atoms with Gasteiger partial charge in [0.25, 0.3) is 10.0 Å². The molecule has 0 spiro atoms. The van der Waals surface area contributed by atoms with Gasteiger partial charge in [-0.3, -0.25) is 9.29 Å². The quantitative estimate of drug-likeness (QED) is 0.787. The van der Waals surface area contributed by atoms with Crippen molar-refractivity contribution in [1.82, 2.24) is 4.57 Å². The summed E-state index contributed by atoms with van der Waals surface area (Å²) < 4.78 is 34.7. The fourth-order valence-corrected chi connectivity index (χ4v) is 4.04. The first-order valence-corrected chi connectivity index (χ1v) is 9.04. The number of nitrogens with zero attached hydrogens (tertiary/aromatic N) is 1. The van der Waals surface area contributed by atoms with Crippen LogP contribution in [0.5, 0.6) is 0 Å². The molecule has 7 heteroatoms. The third-order valence-electron chi connectivity index (χ3n) is 3.96. The average Bonchev–Trinajstić information content (AvgIpc) is 2.83. The Morgan fingerprint density at radius 2 is 1.83 bits per heavy atom. The van der Waals surface area contributed by atoms with Gasteiger partial charge in [0, 0.05) is 12.6 Å². The highest BCUT2D eigenvalue weighted by atomic mass is 32.2. The molecule has 0 aliphatic carbocycles. The van der Waals surface area contributed by atoms with E-state index in [4.69, 9.17) is 4.42 Å². The van der Waals surface area contributed by atoms with Crippen LogP contribution in [0.2, 0.25) is 0 Å². The first kappa shape index (κ1) is 16.3. The van der Waals surface area contributed by atoms with Crippen LogP contribution in [-0.2, 0) is 16.6 Å². The van der Waals surface area contributed by atoms with Gasteiger partial charge in [0.05, 0.1) is 16.1 Å². The highest BCUT2D eigenvalue weighted by Gasteiger charge is 2.21. The molecule has 0 bridgehead atoms. The topological polar surface area (TPSA) is 81.3 Å². The van der Waals surface area contributed by atoms with Gasteiger partial charge in [-0.25, -0.2) is 13.2 Å². The van der Waals surface area contributed by atoms with Crippen LogP contribution in [0.15, 0.2) is 50.5 Å². The molecule has 0 unspecified atom stereocenters. The monoisotopic (exact) mass is 346 g/mol. The lowest BCUT2D eigenvalue weighted by atomic mass is 10.2. The van der Waals surface area contributed by atoms with E-state index in [0.29, 0.717) is 23.3 Å². The Labute approximate surface area is 139 Å². The predicted molar refractivity (Wildman–Crippen MR) is 92.9 cm³/mol. The Bertz CT molecular complexity index is 1080. The summed E-state index contributed by atoms with van der Waals surface area (Å²) >= 11 is 0. The molecule has 0 aliphatic rings. The third kappa shape index (κ3) is 2.71. The maximum absolute atomic E-state index is 12.7. The van der Waals surface area contributed by atoms with E-state index >= 15 is 0 Å². The van der Waals surface area contributed by atoms with E-state index in [1.165, 1.54) is 10.6 Å². The van der Waals surface area contributed by atoms with E-state index < -0.39 is 15.8 Å². The number of hydrogen-bond acceptors (Lipinski definition) is 4. The molecule has 0 fully saturated rings. The Morgan fingerprint density at radius 3 is 2.50 bits per heavy atom. The third-order valence-corrected chi connectivity index (χ3v) is 5.47. The summed E-state index contributed by atoms with van der Waals surface area (Å²) in [4.78, 5) is 11.9. The molecule has 0 radical (unpaired) electrons. The molecule has 0 atom stereocenters. The average molecular weight is 346 g/mol. The van der Waals surface area contributed by atoms with Crippen LogP contribution in [0.3, 0.4) is 0 Å². The van der Waals surface area contributed by atoms with Crippen molar-refractivity contribution in [3.8, 4) is 0 Å². The summed E-state index contributed by atoms with van der Waals surface area (Å²) in [5, 5.41) is 0. The van der Waals surface area contributed by atoms with E-state index in [1.807, 2.05) is 26.0 Å². The summed E-state index contributed by atoms with van der Waals surface area (Å²) in [5.74, 6) is -0.492. The molecule has 24 heavy (non-hydrogen) atoms. The number of rotatable bonds is 4. The van der Waals surface area contributed by atoms with Crippen molar-refractivity contribution in [2.24, 2.45) is 0 Å². The van der Waals surface area contributed by atoms with Crippen molar-refractivity contribution >= 4 is 26.8 Å². The van der Waals surface area contributed by atoms with Gasteiger partial charge in [0.15, 0.2) is 5.58 Å². The van der Waals surface area contributed by atoms with Gasteiger partial charge in [-0.15, -0.1) is 0 Å². The van der Waals surface area contributed by atoms with Gasteiger partial charge in [0.1, 0.15) is 0 Å². The van der Waals surface area contributed by atoms with Crippen LogP contribution in [0.25, 0.3) is 11.1 Å². The van der Waals surface area contributed by atoms with E-state index in [2.05, 4.69) is 4.72 Å². The molecule has 3 aromatic rings. The molecule has 0 amide bonds. The summed E-state index contributed by atoms with van der Waals surface area (Å²) in [6, 6.07) is 10.2. The number of aryl methyl sites for hydroxylation is 3. The van der Waals surface area contributed by atoms with Crippen LogP contribution in [0.4, 0.5) is 5.69 Å². The van der Waals surface area contributed by atoms with E-state index in [-0.39, 0.29) is 10.5 Å². The molecule has 1 N–H and O–H groups in total. The standard InChI is InChI=1S/C17H18N2O4S/c1-4-19-14-9-12(3)16(10-15(14)23-17(19)20)24(21,22)18-13-8-6-5-7-11(13)2/h5-10,18H,4H2,1-3H3. The maximum Gasteiger partial charge on any atom is 0.419 e. The molecule has 1 aromatic heterocycles. The Kier molecular flexibility index (Phi) is 3.96. The van der Waals surface area contributed by atoms with Crippen molar-refractivity contribution in [3.63, 3.8) is 0 Å². The molecule has 1 heterocycles. The Morgan fingerprint density at radius 1 is 1.12 bits per heavy atom. The molecular weight excluding hydrogens is 328 g/mol. The van der Waals surface area contributed by atoms with E-state index in [0.717, 1.165) is 5.56 Å². The van der Waals surface area contributed by atoms with Crippen molar-refractivity contribution in [3.05, 3.63) is 58.1 Å². The summed E-state index contributed by atoms with van der Waals surface area (Å²) in [5.41, 5.74) is 2.74. The van der Waals surface area contributed by atoms with E-state index in [9.17, 15) is 13.2 Å². The smallest absolute Gasteiger partial charge is 0.408 e. The molecule has 3 rings (SSSR count). The minimum atomic E-state index is -3.79. The van der Waals surface area contributed by atoms with Crippen molar-refractivity contribution in [2.75, 3.05) is 4.72 Å². The van der Waals surface area contributed by atoms with Crippen LogP contribution in [0, 0.1) is 13.8 Å². The number of anilines is 1. The first-order chi connectivity index (χ1) is 11.3. The van der Waals surface area contributed by atoms with Gasteiger partial charge >= 0.3 is 5.76 Å².